The second-order valence-corrected chi connectivity index (χ2v) is 1.85. The van der Waals surface area contributed by atoms with Crippen molar-refractivity contribution in [3.63, 3.8) is 0 Å². The van der Waals surface area contributed by atoms with Crippen molar-refractivity contribution >= 4 is 0 Å². The van der Waals surface area contributed by atoms with Crippen LogP contribution in [0.15, 0.2) is 23.0 Å². The fraction of sp³-hybridized carbons (Fsp3) is 0.600. The second-order valence-electron chi connectivity index (χ2n) is 1.85. The van der Waals surface area contributed by atoms with E-state index in [1.54, 1.807) is 11.1 Å². The Balaban J connectivity index is 2.45. The van der Waals surface area contributed by atoms with E-state index < -0.39 is 0 Å². The molecule has 3 nitrogen and oxygen atoms in total. The van der Waals surface area contributed by atoms with Gasteiger partial charge < -0.3 is 0 Å². The van der Waals surface area contributed by atoms with Crippen molar-refractivity contribution in [3.8, 4) is 0 Å². The second kappa shape index (κ2) is 1.94. The average molecular weight is 111 g/mol. The summed E-state index contributed by atoms with van der Waals surface area (Å²) in [6, 6.07) is 0.222. The zero-order valence-electron chi connectivity index (χ0n) is 4.91. The van der Waals surface area contributed by atoms with Gasteiger partial charge >= 0.3 is 0 Å². The normalized spacial score (nSPS) is 26.6. The van der Waals surface area contributed by atoms with Crippen molar-refractivity contribution in [3.05, 3.63) is 12.7 Å². The van der Waals surface area contributed by atoms with E-state index in [0.717, 1.165) is 6.54 Å². The molecule has 1 aliphatic rings. The summed E-state index contributed by atoms with van der Waals surface area (Å²) in [5, 5.41) is 9.44. The molecular weight excluding hydrogens is 102 g/mol. The van der Waals surface area contributed by atoms with E-state index in [4.69, 9.17) is 0 Å². The Hall–Kier alpha value is -0.860. The maximum Gasteiger partial charge on any atom is 0.110 e. The highest BCUT2D eigenvalue weighted by Crippen LogP contribution is 2.05. The summed E-state index contributed by atoms with van der Waals surface area (Å²) >= 11 is 0. The van der Waals surface area contributed by atoms with E-state index in [1.807, 2.05) is 7.05 Å². The average Bonchev–Trinajstić information content (AvgIpc) is 2.14. The molecule has 0 aliphatic carbocycles. The monoisotopic (exact) mass is 111 g/mol. The molecule has 1 atom stereocenters. The Kier molecular flexibility index (Phi) is 1.28. The van der Waals surface area contributed by atoms with Gasteiger partial charge in [0.25, 0.3) is 0 Å². The summed E-state index contributed by atoms with van der Waals surface area (Å²) in [7, 11) is 1.90. The molecule has 3 heteroatoms. The van der Waals surface area contributed by atoms with Crippen LogP contribution in [-0.2, 0) is 0 Å². The van der Waals surface area contributed by atoms with Crippen molar-refractivity contribution in [2.45, 2.75) is 6.04 Å². The number of hydrogen-bond acceptors (Lipinski definition) is 3. The molecule has 0 radical (unpaired) electrons. The molecule has 0 amide bonds. The predicted octanol–water partition coefficient (Wildman–Crippen LogP) is 0.854. The van der Waals surface area contributed by atoms with Gasteiger partial charge in [0.2, 0.25) is 0 Å². The lowest BCUT2D eigenvalue weighted by Gasteiger charge is -2.01. The Morgan fingerprint density at radius 3 is 2.88 bits per heavy atom. The molecule has 1 rings (SSSR count). The Morgan fingerprint density at radius 2 is 2.62 bits per heavy atom. The highest BCUT2D eigenvalue weighted by atomic mass is 15.6. The molecule has 44 valence electrons. The highest BCUT2D eigenvalue weighted by Gasteiger charge is 2.10. The number of hydrogen-bond donors (Lipinski definition) is 0. The summed E-state index contributed by atoms with van der Waals surface area (Å²) in [6.07, 6.45) is 1.80. The molecule has 0 saturated carbocycles. The largest absolute Gasteiger partial charge is 0.279 e. The number of likely N-dealkylation sites (N-methyl/N-ethyl adjacent to an activating group) is 1. The van der Waals surface area contributed by atoms with Gasteiger partial charge in [0.15, 0.2) is 0 Å². The third-order valence-electron chi connectivity index (χ3n) is 1.08. The van der Waals surface area contributed by atoms with Crippen molar-refractivity contribution < 1.29 is 0 Å². The van der Waals surface area contributed by atoms with Gasteiger partial charge in [-0.15, -0.1) is 6.58 Å². The minimum Gasteiger partial charge on any atom is -0.279 e. The van der Waals surface area contributed by atoms with Gasteiger partial charge in [0.1, 0.15) is 6.04 Å². The first-order valence-corrected chi connectivity index (χ1v) is 2.57. The van der Waals surface area contributed by atoms with Gasteiger partial charge in [-0.2, -0.15) is 5.11 Å². The zero-order chi connectivity index (χ0) is 5.98. The molecule has 1 heterocycles. The van der Waals surface area contributed by atoms with Crippen molar-refractivity contribution in [2.75, 3.05) is 13.6 Å². The van der Waals surface area contributed by atoms with E-state index in [2.05, 4.69) is 16.9 Å². The minimum absolute atomic E-state index is 0.222. The topological polar surface area (TPSA) is 28.0 Å². The van der Waals surface area contributed by atoms with Gasteiger partial charge in [0, 0.05) is 7.05 Å². The van der Waals surface area contributed by atoms with E-state index in [-0.39, 0.29) is 6.04 Å². The molecule has 0 aromatic rings. The highest BCUT2D eigenvalue weighted by molar-refractivity contribution is 4.88. The quantitative estimate of drug-likeness (QED) is 0.461. The van der Waals surface area contributed by atoms with Crippen LogP contribution in [0.2, 0.25) is 0 Å². The first-order chi connectivity index (χ1) is 3.83. The van der Waals surface area contributed by atoms with Gasteiger partial charge in [-0.1, -0.05) is 11.3 Å². The third-order valence-corrected chi connectivity index (χ3v) is 1.08. The van der Waals surface area contributed by atoms with Crippen LogP contribution >= 0.6 is 0 Å². The molecule has 0 N–H and O–H groups in total. The maximum atomic E-state index is 3.87. The number of nitrogens with zero attached hydrogens (tertiary/aromatic N) is 3. The Morgan fingerprint density at radius 1 is 1.88 bits per heavy atom. The lowest BCUT2D eigenvalue weighted by atomic mass is 10.3. The summed E-state index contributed by atoms with van der Waals surface area (Å²) in [6.45, 7) is 4.48. The van der Waals surface area contributed by atoms with Gasteiger partial charge in [0.05, 0.1) is 6.54 Å². The SMILES string of the molecule is C=CC1CN(C)N=N1. The first-order valence-electron chi connectivity index (χ1n) is 2.57. The molecule has 0 fully saturated rings. The van der Waals surface area contributed by atoms with E-state index in [9.17, 15) is 0 Å². The number of rotatable bonds is 1. The molecule has 8 heavy (non-hydrogen) atoms. The van der Waals surface area contributed by atoms with Crippen LogP contribution in [0.25, 0.3) is 0 Å². The third kappa shape index (κ3) is 0.857. The van der Waals surface area contributed by atoms with Crippen LogP contribution in [0.1, 0.15) is 0 Å². The van der Waals surface area contributed by atoms with Gasteiger partial charge in [-0.05, 0) is 0 Å². The summed E-state index contributed by atoms with van der Waals surface area (Å²) in [5.74, 6) is 0. The standard InChI is InChI=1S/C5H9N3/c1-3-5-4-8(2)7-6-5/h3,5H,1,4H2,2H3. The van der Waals surface area contributed by atoms with Crippen LogP contribution in [0.5, 0.6) is 0 Å². The molecule has 0 spiro atoms. The Bertz CT molecular complexity index is 119. The summed E-state index contributed by atoms with van der Waals surface area (Å²) < 4.78 is 0. The van der Waals surface area contributed by atoms with E-state index in [1.165, 1.54) is 0 Å². The minimum atomic E-state index is 0.222. The predicted molar refractivity (Wildman–Crippen MR) is 31.5 cm³/mol. The lowest BCUT2D eigenvalue weighted by Crippen LogP contribution is -2.13. The van der Waals surface area contributed by atoms with E-state index in [0.29, 0.717) is 0 Å². The van der Waals surface area contributed by atoms with Gasteiger partial charge in [-0.25, -0.2) is 0 Å². The van der Waals surface area contributed by atoms with Crippen LogP contribution in [0.4, 0.5) is 0 Å². The van der Waals surface area contributed by atoms with Crippen LogP contribution in [-0.4, -0.2) is 24.6 Å². The maximum absolute atomic E-state index is 3.87. The molecular formula is C5H9N3. The molecule has 0 aromatic carbocycles. The van der Waals surface area contributed by atoms with Crippen molar-refractivity contribution in [2.24, 2.45) is 10.3 Å². The smallest absolute Gasteiger partial charge is 0.110 e. The summed E-state index contributed by atoms with van der Waals surface area (Å²) in [5.41, 5.74) is 0. The van der Waals surface area contributed by atoms with E-state index >= 15 is 0 Å². The Labute approximate surface area is 48.7 Å². The van der Waals surface area contributed by atoms with Crippen LogP contribution in [0, 0.1) is 0 Å². The molecule has 0 saturated heterocycles. The lowest BCUT2D eigenvalue weighted by molar-refractivity contribution is 0.387. The molecule has 1 unspecified atom stereocenters. The molecule has 0 bridgehead atoms. The van der Waals surface area contributed by atoms with Gasteiger partial charge in [-0.3, -0.25) is 5.01 Å². The summed E-state index contributed by atoms with van der Waals surface area (Å²) in [4.78, 5) is 0. The fourth-order valence-electron chi connectivity index (χ4n) is 0.620. The van der Waals surface area contributed by atoms with Crippen molar-refractivity contribution in [1.29, 1.82) is 0 Å². The molecule has 1 aliphatic heterocycles. The van der Waals surface area contributed by atoms with Crippen LogP contribution in [0.3, 0.4) is 0 Å². The fourth-order valence-corrected chi connectivity index (χ4v) is 0.620. The zero-order valence-corrected chi connectivity index (χ0v) is 4.91. The molecule has 0 aromatic heterocycles. The first kappa shape index (κ1) is 5.28. The van der Waals surface area contributed by atoms with Crippen LogP contribution < -0.4 is 0 Å². The van der Waals surface area contributed by atoms with Crippen molar-refractivity contribution in [1.82, 2.24) is 5.01 Å².